The van der Waals surface area contributed by atoms with Crippen LogP contribution in [0.5, 0.6) is 0 Å². The summed E-state index contributed by atoms with van der Waals surface area (Å²) in [5, 5.41) is 0. The second-order valence-corrected chi connectivity index (χ2v) is 4.48. The maximum absolute atomic E-state index is 5.60. The fourth-order valence-electron chi connectivity index (χ4n) is 1.86. The number of piperazine rings is 1. The first-order chi connectivity index (χ1) is 8.65. The normalized spacial score (nSPS) is 17.3. The van der Waals surface area contributed by atoms with E-state index in [-0.39, 0.29) is 0 Å². The molecule has 0 unspecified atom stereocenters. The fraction of sp³-hybridized carbons (Fsp3) is 0.385. The summed E-state index contributed by atoms with van der Waals surface area (Å²) < 4.78 is 0. The van der Waals surface area contributed by atoms with Gasteiger partial charge in [0.1, 0.15) is 12.1 Å². The van der Waals surface area contributed by atoms with Gasteiger partial charge in [0, 0.05) is 37.9 Å². The first-order valence-corrected chi connectivity index (χ1v) is 6.03. The van der Waals surface area contributed by atoms with Gasteiger partial charge in [-0.05, 0) is 19.2 Å². The number of rotatable bonds is 3. The average molecular weight is 245 g/mol. The molecule has 0 aliphatic carbocycles. The Balaban J connectivity index is 1.94. The van der Waals surface area contributed by atoms with E-state index in [0.29, 0.717) is 5.82 Å². The Labute approximate surface area is 108 Å². The van der Waals surface area contributed by atoms with Gasteiger partial charge in [0.25, 0.3) is 0 Å². The van der Waals surface area contributed by atoms with Crippen molar-refractivity contribution in [1.82, 2.24) is 19.8 Å². The average Bonchev–Trinajstić information content (AvgIpc) is 2.37. The van der Waals surface area contributed by atoms with E-state index in [1.165, 1.54) is 6.33 Å². The van der Waals surface area contributed by atoms with Gasteiger partial charge in [-0.3, -0.25) is 0 Å². The molecule has 2 N–H and O–H groups in total. The molecule has 1 saturated heterocycles. The summed E-state index contributed by atoms with van der Waals surface area (Å²) in [5.41, 5.74) is 7.42. The van der Waals surface area contributed by atoms with Crippen molar-refractivity contribution in [2.24, 2.45) is 0 Å². The number of nitrogens with zero attached hydrogens (tertiary/aromatic N) is 4. The zero-order chi connectivity index (χ0) is 13.0. The maximum atomic E-state index is 5.60. The fourth-order valence-corrected chi connectivity index (χ4v) is 1.86. The summed E-state index contributed by atoms with van der Waals surface area (Å²) >= 11 is 0. The summed E-state index contributed by atoms with van der Waals surface area (Å²) in [4.78, 5) is 12.6. The number of likely N-dealkylation sites (N-methyl/N-ethyl adjacent to an activating group) is 1. The highest BCUT2D eigenvalue weighted by molar-refractivity contribution is 5.51. The third-order valence-corrected chi connectivity index (χ3v) is 3.07. The third kappa shape index (κ3) is 3.30. The van der Waals surface area contributed by atoms with E-state index in [1.54, 1.807) is 6.07 Å². The zero-order valence-electron chi connectivity index (χ0n) is 10.7. The lowest BCUT2D eigenvalue weighted by Gasteiger charge is -2.34. The molecule has 1 aliphatic rings. The van der Waals surface area contributed by atoms with Crippen molar-refractivity contribution < 1.29 is 0 Å². The quantitative estimate of drug-likeness (QED) is 0.799. The summed E-state index contributed by atoms with van der Waals surface area (Å²) in [6.07, 6.45) is 5.36. The van der Waals surface area contributed by atoms with Gasteiger partial charge in [-0.1, -0.05) is 6.58 Å². The van der Waals surface area contributed by atoms with E-state index in [2.05, 4.69) is 33.4 Å². The molecule has 1 fully saturated rings. The number of nitrogens with two attached hydrogens (primary N) is 1. The Morgan fingerprint density at radius 3 is 2.72 bits per heavy atom. The standard InChI is InChI=1S/C13H19N5/c1-11(18-7-5-17(2)6-8-18)3-4-12-9-13(14)16-10-15-12/h3-4,9-10H,1,5-8H2,2H3,(H2,14,15,16). The zero-order valence-corrected chi connectivity index (χ0v) is 10.7. The molecule has 1 aromatic heterocycles. The summed E-state index contributed by atoms with van der Waals surface area (Å²) in [6.45, 7) is 8.28. The van der Waals surface area contributed by atoms with Crippen LogP contribution in [0.4, 0.5) is 5.82 Å². The molecule has 96 valence electrons. The van der Waals surface area contributed by atoms with Crippen LogP contribution in [0.3, 0.4) is 0 Å². The highest BCUT2D eigenvalue weighted by Gasteiger charge is 2.13. The number of anilines is 1. The second kappa shape index (κ2) is 5.64. The van der Waals surface area contributed by atoms with Crippen LogP contribution in [0.25, 0.3) is 6.08 Å². The van der Waals surface area contributed by atoms with Gasteiger partial charge < -0.3 is 15.5 Å². The highest BCUT2D eigenvalue weighted by atomic mass is 15.2. The van der Waals surface area contributed by atoms with Crippen molar-refractivity contribution in [3.05, 3.63) is 36.4 Å². The van der Waals surface area contributed by atoms with Crippen molar-refractivity contribution in [1.29, 1.82) is 0 Å². The van der Waals surface area contributed by atoms with Crippen LogP contribution in [-0.2, 0) is 0 Å². The van der Waals surface area contributed by atoms with Crippen molar-refractivity contribution in [3.8, 4) is 0 Å². The van der Waals surface area contributed by atoms with Gasteiger partial charge in [0.05, 0.1) is 5.69 Å². The Hall–Kier alpha value is -1.88. The van der Waals surface area contributed by atoms with Crippen LogP contribution >= 0.6 is 0 Å². The van der Waals surface area contributed by atoms with Crippen LogP contribution in [-0.4, -0.2) is 53.0 Å². The Kier molecular flexibility index (Phi) is 3.94. The first-order valence-electron chi connectivity index (χ1n) is 6.03. The summed E-state index contributed by atoms with van der Waals surface area (Å²) in [5.74, 6) is 0.481. The molecule has 18 heavy (non-hydrogen) atoms. The third-order valence-electron chi connectivity index (χ3n) is 3.07. The van der Waals surface area contributed by atoms with Crippen LogP contribution in [0.1, 0.15) is 5.69 Å². The molecule has 0 spiro atoms. The second-order valence-electron chi connectivity index (χ2n) is 4.48. The minimum absolute atomic E-state index is 0.481. The number of hydrogen-bond donors (Lipinski definition) is 1. The van der Waals surface area contributed by atoms with Gasteiger partial charge in [-0.15, -0.1) is 0 Å². The molecule has 0 aromatic carbocycles. The van der Waals surface area contributed by atoms with Crippen LogP contribution in [0.15, 0.2) is 30.7 Å². The topological polar surface area (TPSA) is 58.3 Å². The predicted octanol–water partition coefficient (Wildman–Crippen LogP) is 0.833. The first kappa shape index (κ1) is 12.6. The SMILES string of the molecule is C=C(C=Cc1cc(N)ncn1)N1CCN(C)CC1. The number of hydrogen-bond acceptors (Lipinski definition) is 5. The summed E-state index contributed by atoms with van der Waals surface area (Å²) in [6, 6.07) is 1.74. The van der Waals surface area contributed by atoms with E-state index >= 15 is 0 Å². The smallest absolute Gasteiger partial charge is 0.127 e. The largest absolute Gasteiger partial charge is 0.384 e. The predicted molar refractivity (Wildman–Crippen MR) is 73.7 cm³/mol. The van der Waals surface area contributed by atoms with E-state index in [9.17, 15) is 0 Å². The van der Waals surface area contributed by atoms with Gasteiger partial charge in [-0.25, -0.2) is 9.97 Å². The van der Waals surface area contributed by atoms with Crippen molar-refractivity contribution in [3.63, 3.8) is 0 Å². The van der Waals surface area contributed by atoms with Crippen LogP contribution in [0, 0.1) is 0 Å². The molecule has 0 amide bonds. The van der Waals surface area contributed by atoms with Gasteiger partial charge in [-0.2, -0.15) is 0 Å². The molecule has 0 atom stereocenters. The highest BCUT2D eigenvalue weighted by Crippen LogP contribution is 2.10. The number of aromatic nitrogens is 2. The van der Waals surface area contributed by atoms with E-state index < -0.39 is 0 Å². The van der Waals surface area contributed by atoms with E-state index in [0.717, 1.165) is 37.6 Å². The van der Waals surface area contributed by atoms with Crippen molar-refractivity contribution in [2.45, 2.75) is 0 Å². The van der Waals surface area contributed by atoms with E-state index in [1.807, 2.05) is 12.2 Å². The molecule has 5 nitrogen and oxygen atoms in total. The minimum atomic E-state index is 0.481. The molecule has 0 bridgehead atoms. The number of nitrogen functional groups attached to an aromatic ring is 1. The van der Waals surface area contributed by atoms with Crippen LogP contribution in [0.2, 0.25) is 0 Å². The van der Waals surface area contributed by atoms with E-state index in [4.69, 9.17) is 5.73 Å². The molecule has 0 radical (unpaired) electrons. The molecule has 5 heteroatoms. The van der Waals surface area contributed by atoms with Gasteiger partial charge in [0.2, 0.25) is 0 Å². The molecule has 0 saturated carbocycles. The van der Waals surface area contributed by atoms with Crippen molar-refractivity contribution >= 4 is 11.9 Å². The molecule has 2 rings (SSSR count). The van der Waals surface area contributed by atoms with Gasteiger partial charge in [0.15, 0.2) is 0 Å². The minimum Gasteiger partial charge on any atom is -0.384 e. The van der Waals surface area contributed by atoms with Gasteiger partial charge >= 0.3 is 0 Å². The molecular formula is C13H19N5. The Morgan fingerprint density at radius 1 is 1.33 bits per heavy atom. The molecular weight excluding hydrogens is 226 g/mol. The molecule has 1 aromatic rings. The monoisotopic (exact) mass is 245 g/mol. The summed E-state index contributed by atoms with van der Waals surface area (Å²) in [7, 11) is 2.14. The Morgan fingerprint density at radius 2 is 2.06 bits per heavy atom. The van der Waals surface area contributed by atoms with Crippen molar-refractivity contribution in [2.75, 3.05) is 39.0 Å². The maximum Gasteiger partial charge on any atom is 0.127 e. The Bertz CT molecular complexity index is 446. The molecule has 2 heterocycles. The number of allylic oxidation sites excluding steroid dienone is 1. The lowest BCUT2D eigenvalue weighted by atomic mass is 10.2. The molecule has 1 aliphatic heterocycles. The van der Waals surface area contributed by atoms with Crippen LogP contribution < -0.4 is 5.73 Å². The lowest BCUT2D eigenvalue weighted by Crippen LogP contribution is -2.43. The lowest BCUT2D eigenvalue weighted by molar-refractivity contribution is 0.191.